The number of carbonyl (C=O) groups is 1. The van der Waals surface area contributed by atoms with Crippen LogP contribution in [-0.4, -0.2) is 16.9 Å². The lowest BCUT2D eigenvalue weighted by Gasteiger charge is -2.37. The van der Waals surface area contributed by atoms with Crippen molar-refractivity contribution in [2.75, 3.05) is 0 Å². The molecule has 0 aliphatic heterocycles. The van der Waals surface area contributed by atoms with Gasteiger partial charge in [0.05, 0.1) is 5.56 Å². The van der Waals surface area contributed by atoms with E-state index in [4.69, 9.17) is 0 Å². The summed E-state index contributed by atoms with van der Waals surface area (Å²) in [6, 6.07) is 3.20. The van der Waals surface area contributed by atoms with Crippen LogP contribution < -0.4 is 10.9 Å². The Labute approximate surface area is 120 Å². The Hall–Kier alpha value is -1.58. The predicted octanol–water partition coefficient (Wildman–Crippen LogP) is 2.57. The quantitative estimate of drug-likeness (QED) is 0.891. The van der Waals surface area contributed by atoms with Crippen molar-refractivity contribution in [2.24, 2.45) is 17.8 Å². The summed E-state index contributed by atoms with van der Waals surface area (Å²) >= 11 is 0. The third-order valence-corrected chi connectivity index (χ3v) is 4.39. The maximum absolute atomic E-state index is 12.3. The fourth-order valence-corrected chi connectivity index (χ4v) is 3.17. The number of pyridine rings is 1. The van der Waals surface area contributed by atoms with Crippen molar-refractivity contribution in [1.82, 2.24) is 10.3 Å². The third kappa shape index (κ3) is 3.50. The maximum atomic E-state index is 12.3. The summed E-state index contributed by atoms with van der Waals surface area (Å²) < 4.78 is 0. The highest BCUT2D eigenvalue weighted by atomic mass is 16.2. The van der Waals surface area contributed by atoms with Crippen molar-refractivity contribution >= 4 is 5.91 Å². The van der Waals surface area contributed by atoms with Crippen LogP contribution in [0.5, 0.6) is 0 Å². The number of H-pyrrole nitrogens is 1. The van der Waals surface area contributed by atoms with Gasteiger partial charge in [-0.15, -0.1) is 0 Å². The molecule has 0 radical (unpaired) electrons. The Morgan fingerprint density at radius 3 is 2.70 bits per heavy atom. The summed E-state index contributed by atoms with van der Waals surface area (Å²) in [5.74, 6) is 1.68. The van der Waals surface area contributed by atoms with Crippen molar-refractivity contribution in [1.29, 1.82) is 0 Å². The number of nitrogens with one attached hydrogen (secondary N) is 2. The average Bonchev–Trinajstić information content (AvgIpc) is 2.39. The van der Waals surface area contributed by atoms with Crippen LogP contribution in [-0.2, 0) is 0 Å². The first-order valence-corrected chi connectivity index (χ1v) is 7.47. The number of hydrogen-bond acceptors (Lipinski definition) is 2. The molecule has 0 saturated heterocycles. The highest BCUT2D eigenvalue weighted by Crippen LogP contribution is 2.33. The standard InChI is InChI=1S/C16H24N2O2/c1-10(2)13-6-4-11(3)8-14(13)18-16(20)12-5-7-15(19)17-9-12/h5,7,9-11,13-14H,4,6,8H2,1-3H3,(H,17,19)(H,18,20). The van der Waals surface area contributed by atoms with Crippen LogP contribution in [0.1, 0.15) is 50.4 Å². The Morgan fingerprint density at radius 2 is 2.10 bits per heavy atom. The van der Waals surface area contributed by atoms with E-state index >= 15 is 0 Å². The number of hydrogen-bond donors (Lipinski definition) is 2. The highest BCUT2D eigenvalue weighted by molar-refractivity contribution is 5.94. The number of amides is 1. The first-order valence-electron chi connectivity index (χ1n) is 7.47. The Bertz CT molecular complexity index is 501. The molecule has 0 spiro atoms. The van der Waals surface area contributed by atoms with Gasteiger partial charge in [-0.25, -0.2) is 0 Å². The predicted molar refractivity (Wildman–Crippen MR) is 79.7 cm³/mol. The van der Waals surface area contributed by atoms with Crippen LogP contribution in [0.15, 0.2) is 23.1 Å². The molecule has 0 bridgehead atoms. The molecule has 1 amide bonds. The van der Waals surface area contributed by atoms with E-state index in [1.54, 1.807) is 6.07 Å². The summed E-state index contributed by atoms with van der Waals surface area (Å²) in [5.41, 5.74) is 0.332. The van der Waals surface area contributed by atoms with Gasteiger partial charge >= 0.3 is 0 Å². The molecule has 2 rings (SSSR count). The van der Waals surface area contributed by atoms with Gasteiger partial charge in [-0.05, 0) is 36.7 Å². The first-order chi connectivity index (χ1) is 9.47. The molecule has 4 nitrogen and oxygen atoms in total. The fourth-order valence-electron chi connectivity index (χ4n) is 3.17. The molecular weight excluding hydrogens is 252 g/mol. The molecular formula is C16H24N2O2. The van der Waals surface area contributed by atoms with E-state index in [-0.39, 0.29) is 17.5 Å². The summed E-state index contributed by atoms with van der Waals surface area (Å²) in [7, 11) is 0. The second kappa shape index (κ2) is 6.25. The van der Waals surface area contributed by atoms with Gasteiger partial charge in [0.15, 0.2) is 0 Å². The van der Waals surface area contributed by atoms with Gasteiger partial charge in [-0.3, -0.25) is 9.59 Å². The Morgan fingerprint density at radius 1 is 1.35 bits per heavy atom. The van der Waals surface area contributed by atoms with Crippen molar-refractivity contribution in [2.45, 2.75) is 46.1 Å². The van der Waals surface area contributed by atoms with Gasteiger partial charge in [0, 0.05) is 18.3 Å². The Balaban J connectivity index is 2.07. The molecule has 1 saturated carbocycles. The zero-order chi connectivity index (χ0) is 14.7. The first kappa shape index (κ1) is 14.8. The van der Waals surface area contributed by atoms with E-state index in [1.165, 1.54) is 25.1 Å². The third-order valence-electron chi connectivity index (χ3n) is 4.39. The number of aromatic nitrogens is 1. The van der Waals surface area contributed by atoms with Crippen LogP contribution in [0, 0.1) is 17.8 Å². The lowest BCUT2D eigenvalue weighted by molar-refractivity contribution is 0.0867. The molecule has 1 aliphatic rings. The molecule has 0 aromatic carbocycles. The van der Waals surface area contributed by atoms with E-state index in [9.17, 15) is 9.59 Å². The minimum Gasteiger partial charge on any atom is -0.349 e. The van der Waals surface area contributed by atoms with Crippen molar-refractivity contribution < 1.29 is 4.79 Å². The van der Waals surface area contributed by atoms with Crippen LogP contribution in [0.25, 0.3) is 0 Å². The van der Waals surface area contributed by atoms with E-state index in [0.29, 0.717) is 23.3 Å². The van der Waals surface area contributed by atoms with Gasteiger partial charge in [0.2, 0.25) is 5.56 Å². The topological polar surface area (TPSA) is 62.0 Å². The van der Waals surface area contributed by atoms with Crippen LogP contribution >= 0.6 is 0 Å². The molecule has 4 heteroatoms. The van der Waals surface area contributed by atoms with Gasteiger partial charge in [0.1, 0.15) is 0 Å². The summed E-state index contributed by atoms with van der Waals surface area (Å²) in [4.78, 5) is 25.8. The summed E-state index contributed by atoms with van der Waals surface area (Å²) in [6.45, 7) is 6.69. The zero-order valence-corrected chi connectivity index (χ0v) is 12.5. The normalized spacial score (nSPS) is 26.5. The SMILES string of the molecule is CC1CCC(C(C)C)C(NC(=O)c2ccc(=O)[nH]c2)C1. The Kier molecular flexibility index (Phi) is 4.63. The van der Waals surface area contributed by atoms with Crippen molar-refractivity contribution in [3.8, 4) is 0 Å². The van der Waals surface area contributed by atoms with Gasteiger partial charge < -0.3 is 10.3 Å². The molecule has 1 aromatic heterocycles. The van der Waals surface area contributed by atoms with E-state index in [1.807, 2.05) is 0 Å². The number of aromatic amines is 1. The molecule has 2 N–H and O–H groups in total. The molecule has 1 aromatic rings. The van der Waals surface area contributed by atoms with Gasteiger partial charge in [0.25, 0.3) is 5.91 Å². The minimum atomic E-state index is -0.187. The second-order valence-electron chi connectivity index (χ2n) is 6.35. The van der Waals surface area contributed by atoms with E-state index in [0.717, 1.165) is 6.42 Å². The van der Waals surface area contributed by atoms with Crippen molar-refractivity contribution in [3.05, 3.63) is 34.2 Å². The molecule has 3 unspecified atom stereocenters. The fraction of sp³-hybridized carbons (Fsp3) is 0.625. The van der Waals surface area contributed by atoms with Crippen LogP contribution in [0.4, 0.5) is 0 Å². The molecule has 1 heterocycles. The molecule has 1 aliphatic carbocycles. The number of carbonyl (C=O) groups excluding carboxylic acids is 1. The van der Waals surface area contributed by atoms with Crippen LogP contribution in [0.3, 0.4) is 0 Å². The maximum Gasteiger partial charge on any atom is 0.252 e. The second-order valence-corrected chi connectivity index (χ2v) is 6.35. The monoisotopic (exact) mass is 276 g/mol. The summed E-state index contributed by atoms with van der Waals surface area (Å²) in [5, 5.41) is 3.16. The lowest BCUT2D eigenvalue weighted by atomic mass is 9.74. The largest absolute Gasteiger partial charge is 0.349 e. The van der Waals surface area contributed by atoms with E-state index < -0.39 is 0 Å². The van der Waals surface area contributed by atoms with Gasteiger partial charge in [-0.1, -0.05) is 27.2 Å². The molecule has 1 fully saturated rings. The zero-order valence-electron chi connectivity index (χ0n) is 12.5. The lowest BCUT2D eigenvalue weighted by Crippen LogP contribution is -2.45. The highest BCUT2D eigenvalue weighted by Gasteiger charge is 2.31. The van der Waals surface area contributed by atoms with Crippen molar-refractivity contribution in [3.63, 3.8) is 0 Å². The molecule has 3 atom stereocenters. The smallest absolute Gasteiger partial charge is 0.252 e. The minimum absolute atomic E-state index is 0.0917. The van der Waals surface area contributed by atoms with Crippen LogP contribution in [0.2, 0.25) is 0 Å². The molecule has 110 valence electrons. The molecule has 20 heavy (non-hydrogen) atoms. The summed E-state index contributed by atoms with van der Waals surface area (Å²) in [6.07, 6.45) is 4.94. The van der Waals surface area contributed by atoms with E-state index in [2.05, 4.69) is 31.1 Å². The average molecular weight is 276 g/mol. The van der Waals surface area contributed by atoms with Gasteiger partial charge in [-0.2, -0.15) is 0 Å². The number of rotatable bonds is 3.